The van der Waals surface area contributed by atoms with Gasteiger partial charge in [0.1, 0.15) is 16.4 Å². The summed E-state index contributed by atoms with van der Waals surface area (Å²) in [5.74, 6) is 0.0451. The third kappa shape index (κ3) is 3.47. The monoisotopic (exact) mass is 404 g/mol. The van der Waals surface area contributed by atoms with Gasteiger partial charge >= 0.3 is 0 Å². The second-order valence-electron chi connectivity index (χ2n) is 6.36. The number of anilines is 1. The normalized spacial score (nSPS) is 14.6. The van der Waals surface area contributed by atoms with Crippen LogP contribution in [0.2, 0.25) is 5.02 Å². The molecule has 0 N–H and O–H groups in total. The Kier molecular flexibility index (Phi) is 4.93. The molecule has 1 aliphatic heterocycles. The zero-order chi connectivity index (χ0) is 19.0. The third-order valence-electron chi connectivity index (χ3n) is 4.74. The highest BCUT2D eigenvalue weighted by atomic mass is 35.5. The summed E-state index contributed by atoms with van der Waals surface area (Å²) in [7, 11) is 1.51. The summed E-state index contributed by atoms with van der Waals surface area (Å²) in [6.07, 6.45) is 0. The van der Waals surface area contributed by atoms with Gasteiger partial charge in [-0.3, -0.25) is 4.79 Å². The Bertz CT molecular complexity index is 999. The lowest BCUT2D eigenvalue weighted by atomic mass is 10.2. The van der Waals surface area contributed by atoms with Crippen molar-refractivity contribution in [1.29, 1.82) is 0 Å². The maximum Gasteiger partial charge on any atom is 0.267 e. The summed E-state index contributed by atoms with van der Waals surface area (Å²) in [5, 5.41) is 1.34. The Morgan fingerprint density at radius 2 is 1.93 bits per heavy atom. The van der Waals surface area contributed by atoms with Gasteiger partial charge in [0.05, 0.1) is 7.11 Å². The van der Waals surface area contributed by atoms with Crippen LogP contribution in [0.3, 0.4) is 0 Å². The van der Waals surface area contributed by atoms with E-state index in [4.69, 9.17) is 16.3 Å². The zero-order valence-electron chi connectivity index (χ0n) is 14.7. The molecule has 0 aliphatic carbocycles. The van der Waals surface area contributed by atoms with Crippen LogP contribution in [0.25, 0.3) is 10.1 Å². The molecule has 1 fully saturated rings. The largest absolute Gasteiger partial charge is 0.494 e. The molecule has 0 bridgehead atoms. The van der Waals surface area contributed by atoms with E-state index in [0.29, 0.717) is 34.1 Å². The van der Waals surface area contributed by atoms with E-state index in [-0.39, 0.29) is 11.7 Å². The van der Waals surface area contributed by atoms with Crippen LogP contribution in [0.15, 0.2) is 42.5 Å². The van der Waals surface area contributed by atoms with E-state index < -0.39 is 0 Å². The maximum absolute atomic E-state index is 13.6. The fourth-order valence-corrected chi connectivity index (χ4v) is 4.68. The molecule has 0 atom stereocenters. The van der Waals surface area contributed by atoms with Crippen molar-refractivity contribution in [2.45, 2.75) is 0 Å². The molecule has 27 heavy (non-hydrogen) atoms. The third-order valence-corrected chi connectivity index (χ3v) is 6.12. The van der Waals surface area contributed by atoms with Gasteiger partial charge in [-0.25, -0.2) is 4.39 Å². The van der Waals surface area contributed by atoms with E-state index >= 15 is 0 Å². The molecule has 2 aromatic carbocycles. The molecular weight excluding hydrogens is 387 g/mol. The SMILES string of the molecule is COc1c(C(=O)N2CCN(c3cccc(Cl)c3)CC2)sc2ccc(F)cc12. The first kappa shape index (κ1) is 18.1. The molecule has 4 rings (SSSR count). The average Bonchev–Trinajstić information content (AvgIpc) is 3.05. The quantitative estimate of drug-likeness (QED) is 0.636. The summed E-state index contributed by atoms with van der Waals surface area (Å²) in [5.41, 5.74) is 1.06. The van der Waals surface area contributed by atoms with Crippen LogP contribution in [-0.2, 0) is 0 Å². The van der Waals surface area contributed by atoms with E-state index in [1.54, 1.807) is 6.07 Å². The number of carbonyl (C=O) groups excluding carboxylic acids is 1. The van der Waals surface area contributed by atoms with E-state index in [2.05, 4.69) is 4.90 Å². The van der Waals surface area contributed by atoms with Crippen LogP contribution < -0.4 is 9.64 Å². The Balaban J connectivity index is 1.54. The lowest BCUT2D eigenvalue weighted by Gasteiger charge is -2.36. The van der Waals surface area contributed by atoms with Gasteiger partial charge in [-0.15, -0.1) is 11.3 Å². The molecule has 0 saturated carbocycles. The summed E-state index contributed by atoms with van der Waals surface area (Å²) < 4.78 is 19.9. The first-order chi connectivity index (χ1) is 13.1. The number of ether oxygens (including phenoxy) is 1. The zero-order valence-corrected chi connectivity index (χ0v) is 16.3. The van der Waals surface area contributed by atoms with Gasteiger partial charge in [-0.2, -0.15) is 0 Å². The van der Waals surface area contributed by atoms with Crippen LogP contribution in [0, 0.1) is 5.82 Å². The number of nitrogens with zero attached hydrogens (tertiary/aromatic N) is 2. The summed E-state index contributed by atoms with van der Waals surface area (Å²) in [6, 6.07) is 12.2. The lowest BCUT2D eigenvalue weighted by molar-refractivity contribution is 0.0749. The van der Waals surface area contributed by atoms with Crippen molar-refractivity contribution >= 4 is 44.6 Å². The number of halogens is 2. The number of benzene rings is 2. The topological polar surface area (TPSA) is 32.8 Å². The van der Waals surface area contributed by atoms with Crippen molar-refractivity contribution in [2.75, 3.05) is 38.2 Å². The highest BCUT2D eigenvalue weighted by molar-refractivity contribution is 7.21. The van der Waals surface area contributed by atoms with E-state index in [0.717, 1.165) is 23.5 Å². The number of carbonyl (C=O) groups is 1. The van der Waals surface area contributed by atoms with Crippen LogP contribution in [-0.4, -0.2) is 44.1 Å². The standard InChI is InChI=1S/C20H18ClFN2O2S/c1-26-18-16-12-14(22)5-6-17(16)27-19(18)20(25)24-9-7-23(8-10-24)15-4-2-3-13(21)11-15/h2-6,11-12H,7-10H2,1H3. The molecule has 2 heterocycles. The van der Waals surface area contributed by atoms with Gasteiger partial charge in [0.25, 0.3) is 5.91 Å². The Morgan fingerprint density at radius 1 is 1.15 bits per heavy atom. The average molecular weight is 405 g/mol. The van der Waals surface area contributed by atoms with Crippen LogP contribution in [0.4, 0.5) is 10.1 Å². The molecule has 1 aromatic heterocycles. The van der Waals surface area contributed by atoms with Crippen molar-refractivity contribution < 1.29 is 13.9 Å². The number of hydrogen-bond donors (Lipinski definition) is 0. The Labute approximate surface area is 165 Å². The first-order valence-electron chi connectivity index (χ1n) is 8.62. The van der Waals surface area contributed by atoms with Crippen molar-refractivity contribution in [3.63, 3.8) is 0 Å². The molecule has 1 aliphatic rings. The van der Waals surface area contributed by atoms with Gasteiger partial charge in [0.2, 0.25) is 0 Å². The number of rotatable bonds is 3. The number of amides is 1. The first-order valence-corrected chi connectivity index (χ1v) is 9.82. The minimum Gasteiger partial charge on any atom is -0.494 e. The lowest BCUT2D eigenvalue weighted by Crippen LogP contribution is -2.48. The Hall–Kier alpha value is -2.31. The molecule has 0 unspecified atom stereocenters. The molecule has 0 spiro atoms. The number of hydrogen-bond acceptors (Lipinski definition) is 4. The van der Waals surface area contributed by atoms with Crippen LogP contribution >= 0.6 is 22.9 Å². The summed E-state index contributed by atoms with van der Waals surface area (Å²) >= 11 is 7.42. The molecule has 140 valence electrons. The molecule has 1 amide bonds. The highest BCUT2D eigenvalue weighted by Crippen LogP contribution is 2.39. The second kappa shape index (κ2) is 7.37. The Morgan fingerprint density at radius 3 is 2.63 bits per heavy atom. The smallest absolute Gasteiger partial charge is 0.267 e. The number of piperazine rings is 1. The molecule has 1 saturated heterocycles. The van der Waals surface area contributed by atoms with E-state index in [9.17, 15) is 9.18 Å². The highest BCUT2D eigenvalue weighted by Gasteiger charge is 2.27. The second-order valence-corrected chi connectivity index (χ2v) is 7.85. The van der Waals surface area contributed by atoms with Crippen LogP contribution in [0.1, 0.15) is 9.67 Å². The summed E-state index contributed by atoms with van der Waals surface area (Å²) in [6.45, 7) is 2.68. The molecular formula is C20H18ClFN2O2S. The van der Waals surface area contributed by atoms with Gasteiger partial charge in [0, 0.05) is 47.0 Å². The van der Waals surface area contributed by atoms with Crippen molar-refractivity contribution in [1.82, 2.24) is 4.90 Å². The fourth-order valence-electron chi connectivity index (χ4n) is 3.37. The fraction of sp³-hybridized carbons (Fsp3) is 0.250. The van der Waals surface area contributed by atoms with Gasteiger partial charge in [0.15, 0.2) is 0 Å². The summed E-state index contributed by atoms with van der Waals surface area (Å²) in [4.78, 5) is 17.6. The van der Waals surface area contributed by atoms with Crippen molar-refractivity contribution in [3.05, 3.63) is 58.2 Å². The predicted molar refractivity (Wildman–Crippen MR) is 108 cm³/mol. The van der Waals surface area contributed by atoms with E-state index in [1.165, 1.54) is 30.6 Å². The minimum atomic E-state index is -0.340. The number of fused-ring (bicyclic) bond motifs is 1. The number of methoxy groups -OCH3 is 1. The minimum absolute atomic E-state index is 0.0702. The van der Waals surface area contributed by atoms with Crippen molar-refractivity contribution in [2.24, 2.45) is 0 Å². The molecule has 0 radical (unpaired) electrons. The van der Waals surface area contributed by atoms with Gasteiger partial charge in [-0.1, -0.05) is 17.7 Å². The molecule has 4 nitrogen and oxygen atoms in total. The number of thiophene rings is 1. The molecule has 7 heteroatoms. The van der Waals surface area contributed by atoms with Crippen molar-refractivity contribution in [3.8, 4) is 5.75 Å². The maximum atomic E-state index is 13.6. The van der Waals surface area contributed by atoms with Crippen LogP contribution in [0.5, 0.6) is 5.75 Å². The molecule has 3 aromatic rings. The van der Waals surface area contributed by atoms with Gasteiger partial charge in [-0.05, 0) is 36.4 Å². The van der Waals surface area contributed by atoms with E-state index in [1.807, 2.05) is 29.2 Å². The predicted octanol–water partition coefficient (Wildman–Crippen LogP) is 4.66. The van der Waals surface area contributed by atoms with Gasteiger partial charge < -0.3 is 14.5 Å².